The largest absolute Gasteiger partial charge is 0.317 e. The molecule has 1 aromatic rings. The normalized spacial score (nSPS) is 26.8. The minimum atomic E-state index is 0.747. The van der Waals surface area contributed by atoms with Crippen LogP contribution in [0.25, 0.3) is 0 Å². The summed E-state index contributed by atoms with van der Waals surface area (Å²) in [5.74, 6) is 2.43. The monoisotopic (exact) mass is 273 g/mol. The first-order valence-electron chi connectivity index (χ1n) is 8.31. The second-order valence-corrected chi connectivity index (χ2v) is 6.89. The quantitative estimate of drug-likeness (QED) is 0.835. The van der Waals surface area contributed by atoms with E-state index in [0.29, 0.717) is 0 Å². The van der Waals surface area contributed by atoms with E-state index in [0.717, 1.165) is 24.3 Å². The molecule has 1 fully saturated rings. The van der Waals surface area contributed by atoms with Gasteiger partial charge in [-0.2, -0.15) is 0 Å². The van der Waals surface area contributed by atoms with Gasteiger partial charge in [0.2, 0.25) is 0 Å². The van der Waals surface area contributed by atoms with Gasteiger partial charge in [-0.05, 0) is 86.7 Å². The zero-order valence-corrected chi connectivity index (χ0v) is 13.9. The number of hydrogen-bond donors (Lipinski definition) is 1. The topological polar surface area (TPSA) is 12.0 Å². The number of nitrogens with one attached hydrogen (secondary N) is 1. The molecule has 0 amide bonds. The van der Waals surface area contributed by atoms with Gasteiger partial charge in [-0.15, -0.1) is 0 Å². The Morgan fingerprint density at radius 2 is 1.75 bits per heavy atom. The maximum Gasteiger partial charge on any atom is -0.00148 e. The fourth-order valence-corrected chi connectivity index (χ4v) is 3.78. The van der Waals surface area contributed by atoms with Crippen LogP contribution in [0.4, 0.5) is 0 Å². The molecule has 0 saturated heterocycles. The van der Waals surface area contributed by atoms with Gasteiger partial charge in [0.1, 0.15) is 0 Å². The predicted octanol–water partition coefficient (Wildman–Crippen LogP) is 4.74. The smallest absolute Gasteiger partial charge is 0.00148 e. The van der Waals surface area contributed by atoms with Crippen LogP contribution in [0.1, 0.15) is 61.3 Å². The first-order chi connectivity index (χ1) is 9.52. The lowest BCUT2D eigenvalue weighted by Crippen LogP contribution is -2.31. The number of hydrogen-bond acceptors (Lipinski definition) is 1. The number of rotatable bonds is 4. The van der Waals surface area contributed by atoms with Gasteiger partial charge in [0.25, 0.3) is 0 Å². The third-order valence-corrected chi connectivity index (χ3v) is 5.19. The summed E-state index contributed by atoms with van der Waals surface area (Å²) >= 11 is 0. The van der Waals surface area contributed by atoms with Crippen molar-refractivity contribution in [2.75, 3.05) is 13.1 Å². The molecule has 3 atom stereocenters. The molecule has 1 saturated carbocycles. The van der Waals surface area contributed by atoms with E-state index in [-0.39, 0.29) is 0 Å². The summed E-state index contributed by atoms with van der Waals surface area (Å²) in [4.78, 5) is 0. The Labute approximate surface area is 125 Å². The first-order valence-corrected chi connectivity index (χ1v) is 8.31. The fraction of sp³-hybridized carbons (Fsp3) is 0.684. The van der Waals surface area contributed by atoms with Crippen LogP contribution in [0.5, 0.6) is 0 Å². The van der Waals surface area contributed by atoms with Gasteiger partial charge >= 0.3 is 0 Å². The molecule has 112 valence electrons. The summed E-state index contributed by atoms with van der Waals surface area (Å²) < 4.78 is 0. The van der Waals surface area contributed by atoms with Crippen molar-refractivity contribution in [3.63, 3.8) is 0 Å². The lowest BCUT2D eigenvalue weighted by atomic mass is 9.70. The van der Waals surface area contributed by atoms with E-state index in [4.69, 9.17) is 0 Å². The van der Waals surface area contributed by atoms with Gasteiger partial charge in [-0.25, -0.2) is 0 Å². The molecule has 1 aromatic carbocycles. The molecule has 1 heteroatoms. The minimum absolute atomic E-state index is 0.747. The zero-order chi connectivity index (χ0) is 14.7. The summed E-state index contributed by atoms with van der Waals surface area (Å²) in [6.07, 6.45) is 4.14. The second-order valence-electron chi connectivity index (χ2n) is 6.89. The zero-order valence-electron chi connectivity index (χ0n) is 13.9. The highest BCUT2D eigenvalue weighted by molar-refractivity contribution is 5.39. The van der Waals surface area contributed by atoms with Crippen LogP contribution < -0.4 is 5.32 Å². The lowest BCUT2D eigenvalue weighted by Gasteiger charge is -2.36. The molecule has 3 unspecified atom stereocenters. The van der Waals surface area contributed by atoms with Crippen molar-refractivity contribution in [3.05, 3.63) is 34.4 Å². The molecule has 1 nitrogen and oxygen atoms in total. The van der Waals surface area contributed by atoms with E-state index in [2.05, 4.69) is 52.1 Å². The molecule has 0 bridgehead atoms. The van der Waals surface area contributed by atoms with Gasteiger partial charge in [-0.1, -0.05) is 32.4 Å². The van der Waals surface area contributed by atoms with E-state index in [1.807, 2.05) is 0 Å². The van der Waals surface area contributed by atoms with E-state index in [9.17, 15) is 0 Å². The van der Waals surface area contributed by atoms with Crippen molar-refractivity contribution in [3.8, 4) is 0 Å². The molecule has 0 heterocycles. The molecule has 1 aliphatic carbocycles. The Morgan fingerprint density at radius 3 is 2.45 bits per heavy atom. The third-order valence-electron chi connectivity index (χ3n) is 5.19. The average Bonchev–Trinajstić information content (AvgIpc) is 2.41. The molecular formula is C19H31N. The van der Waals surface area contributed by atoms with Crippen molar-refractivity contribution in [1.82, 2.24) is 5.32 Å². The molecule has 0 aliphatic heterocycles. The highest BCUT2D eigenvalue weighted by Gasteiger charge is 2.30. The van der Waals surface area contributed by atoms with Crippen molar-refractivity contribution in [2.24, 2.45) is 11.8 Å². The Bertz CT molecular complexity index is 447. The van der Waals surface area contributed by atoms with Crippen molar-refractivity contribution < 1.29 is 0 Å². The summed E-state index contributed by atoms with van der Waals surface area (Å²) in [5, 5.41) is 3.58. The van der Waals surface area contributed by atoms with Gasteiger partial charge in [0.05, 0.1) is 0 Å². The van der Waals surface area contributed by atoms with Crippen LogP contribution in [-0.4, -0.2) is 13.1 Å². The van der Waals surface area contributed by atoms with Gasteiger partial charge in [0.15, 0.2) is 0 Å². The molecule has 1 aliphatic rings. The van der Waals surface area contributed by atoms with Crippen molar-refractivity contribution >= 4 is 0 Å². The molecule has 20 heavy (non-hydrogen) atoms. The van der Waals surface area contributed by atoms with Crippen LogP contribution >= 0.6 is 0 Å². The molecular weight excluding hydrogens is 242 g/mol. The summed E-state index contributed by atoms with van der Waals surface area (Å²) in [7, 11) is 0. The Morgan fingerprint density at radius 1 is 1.05 bits per heavy atom. The molecule has 0 spiro atoms. The maximum absolute atomic E-state index is 3.58. The number of aryl methyl sites for hydroxylation is 3. The standard InChI is InChI=1S/C19H31N/c1-6-20-12-17-8-7-13(2)9-19(17)18-11-15(4)14(3)10-16(18)5/h10-11,13,17,19-20H,6-9,12H2,1-5H3. The highest BCUT2D eigenvalue weighted by atomic mass is 14.8. The lowest BCUT2D eigenvalue weighted by molar-refractivity contribution is 0.242. The van der Waals surface area contributed by atoms with E-state index in [1.54, 1.807) is 5.56 Å². The minimum Gasteiger partial charge on any atom is -0.317 e. The number of benzene rings is 1. The summed E-state index contributed by atoms with van der Waals surface area (Å²) in [6, 6.07) is 4.85. The van der Waals surface area contributed by atoms with Crippen LogP contribution in [0.15, 0.2) is 12.1 Å². The van der Waals surface area contributed by atoms with Crippen LogP contribution in [0.3, 0.4) is 0 Å². The van der Waals surface area contributed by atoms with Crippen molar-refractivity contribution in [1.29, 1.82) is 0 Å². The molecule has 2 rings (SSSR count). The van der Waals surface area contributed by atoms with E-state index < -0.39 is 0 Å². The SMILES string of the molecule is CCNCC1CCC(C)CC1c1cc(C)c(C)cc1C. The fourth-order valence-electron chi connectivity index (χ4n) is 3.78. The third kappa shape index (κ3) is 3.44. The maximum atomic E-state index is 3.58. The van der Waals surface area contributed by atoms with E-state index >= 15 is 0 Å². The van der Waals surface area contributed by atoms with Gasteiger partial charge in [-0.3, -0.25) is 0 Å². The van der Waals surface area contributed by atoms with Crippen molar-refractivity contribution in [2.45, 2.75) is 59.8 Å². The van der Waals surface area contributed by atoms with Crippen LogP contribution in [0.2, 0.25) is 0 Å². The Balaban J connectivity index is 2.27. The molecule has 0 aromatic heterocycles. The Hall–Kier alpha value is -0.820. The second kappa shape index (κ2) is 6.76. The molecule has 1 N–H and O–H groups in total. The highest BCUT2D eigenvalue weighted by Crippen LogP contribution is 2.41. The van der Waals surface area contributed by atoms with Gasteiger partial charge in [0, 0.05) is 0 Å². The predicted molar refractivity (Wildman–Crippen MR) is 88.4 cm³/mol. The Kier molecular flexibility index (Phi) is 5.26. The van der Waals surface area contributed by atoms with Crippen LogP contribution in [0, 0.1) is 32.6 Å². The summed E-state index contributed by atoms with van der Waals surface area (Å²) in [5.41, 5.74) is 5.99. The average molecular weight is 273 g/mol. The first kappa shape index (κ1) is 15.6. The van der Waals surface area contributed by atoms with Gasteiger partial charge < -0.3 is 5.32 Å². The van der Waals surface area contributed by atoms with Crippen LogP contribution in [-0.2, 0) is 0 Å². The molecule has 0 radical (unpaired) electrons. The van der Waals surface area contributed by atoms with E-state index in [1.165, 1.54) is 42.5 Å². The summed E-state index contributed by atoms with van der Waals surface area (Å²) in [6.45, 7) is 13.7.